The number of benzene rings is 2. The van der Waals surface area contributed by atoms with E-state index in [2.05, 4.69) is 19.4 Å². The van der Waals surface area contributed by atoms with Crippen LogP contribution < -0.4 is 19.8 Å². The Morgan fingerprint density at radius 1 is 1.03 bits per heavy atom. The Balaban J connectivity index is 1.59. The molecule has 38 heavy (non-hydrogen) atoms. The van der Waals surface area contributed by atoms with Gasteiger partial charge < -0.3 is 14.0 Å². The van der Waals surface area contributed by atoms with Crippen LogP contribution in [-0.2, 0) is 10.0 Å². The normalized spacial score (nSPS) is 11.5. The van der Waals surface area contributed by atoms with Crippen molar-refractivity contribution >= 4 is 38.3 Å². The van der Waals surface area contributed by atoms with E-state index >= 15 is 0 Å². The number of aromatic nitrogens is 3. The van der Waals surface area contributed by atoms with Crippen LogP contribution in [0.25, 0.3) is 16.6 Å². The molecule has 3 heterocycles. The number of pyridine rings is 2. The fourth-order valence-electron chi connectivity index (χ4n) is 3.59. The smallest absolute Gasteiger partial charge is 0.263 e. The van der Waals surface area contributed by atoms with Crippen LogP contribution in [0.1, 0.15) is 0 Å². The molecule has 0 spiro atoms. The standard InChI is InChI=1S/C24H15ClF2N4O6S/c1-35-24-19(12-16(25)23(28-24)37-20-11-14(26)3-5-17(20)27)31-18-6-4-15(10-13(18)2-7-22(31)32)38(33,34)30-21-8-9-36-29-21/h2-12H,1H3,(H,29,30). The van der Waals surface area contributed by atoms with Gasteiger partial charge in [-0.3, -0.25) is 14.1 Å². The molecule has 0 fully saturated rings. The summed E-state index contributed by atoms with van der Waals surface area (Å²) in [4.78, 5) is 17.0. The van der Waals surface area contributed by atoms with Crippen LogP contribution in [0.4, 0.5) is 14.6 Å². The number of ether oxygens (including phenoxy) is 2. The summed E-state index contributed by atoms with van der Waals surface area (Å²) in [5, 5.41) is 3.78. The van der Waals surface area contributed by atoms with Crippen molar-refractivity contribution in [2.45, 2.75) is 4.90 Å². The zero-order valence-electron chi connectivity index (χ0n) is 19.2. The van der Waals surface area contributed by atoms with Gasteiger partial charge in [-0.1, -0.05) is 16.8 Å². The molecule has 194 valence electrons. The molecule has 0 unspecified atom stereocenters. The predicted octanol–water partition coefficient (Wildman–Crippen LogP) is 4.91. The lowest BCUT2D eigenvalue weighted by atomic mass is 10.2. The van der Waals surface area contributed by atoms with Gasteiger partial charge in [0.1, 0.15) is 22.8 Å². The van der Waals surface area contributed by atoms with E-state index in [0.29, 0.717) is 10.9 Å². The highest BCUT2D eigenvalue weighted by Crippen LogP contribution is 2.35. The maximum Gasteiger partial charge on any atom is 0.263 e. The molecule has 0 saturated heterocycles. The zero-order valence-corrected chi connectivity index (χ0v) is 20.8. The fraction of sp³-hybridized carbons (Fsp3) is 0.0417. The summed E-state index contributed by atoms with van der Waals surface area (Å²) < 4.78 is 72.0. The molecule has 0 aliphatic rings. The molecule has 0 atom stereocenters. The Morgan fingerprint density at radius 3 is 2.58 bits per heavy atom. The van der Waals surface area contributed by atoms with Gasteiger partial charge in [0, 0.05) is 23.6 Å². The molecule has 10 nitrogen and oxygen atoms in total. The molecule has 2 aromatic carbocycles. The molecule has 0 aliphatic carbocycles. The van der Waals surface area contributed by atoms with Crippen molar-refractivity contribution in [1.29, 1.82) is 0 Å². The highest BCUT2D eigenvalue weighted by Gasteiger charge is 2.21. The van der Waals surface area contributed by atoms with Gasteiger partial charge in [0.15, 0.2) is 17.4 Å². The average Bonchev–Trinajstić information content (AvgIpc) is 3.39. The van der Waals surface area contributed by atoms with Crippen molar-refractivity contribution in [1.82, 2.24) is 14.7 Å². The lowest BCUT2D eigenvalue weighted by Crippen LogP contribution is -2.19. The number of anilines is 1. The van der Waals surface area contributed by atoms with Crippen LogP contribution in [-0.4, -0.2) is 30.2 Å². The summed E-state index contributed by atoms with van der Waals surface area (Å²) in [5.74, 6) is -2.45. The maximum absolute atomic E-state index is 14.1. The lowest BCUT2D eigenvalue weighted by molar-refractivity contribution is 0.375. The summed E-state index contributed by atoms with van der Waals surface area (Å²) in [7, 11) is -2.74. The number of hydrogen-bond donors (Lipinski definition) is 1. The van der Waals surface area contributed by atoms with Gasteiger partial charge >= 0.3 is 0 Å². The lowest BCUT2D eigenvalue weighted by Gasteiger charge is -2.16. The number of rotatable bonds is 7. The molecule has 0 radical (unpaired) electrons. The Hall–Kier alpha value is -4.49. The minimum absolute atomic E-state index is 0.000880. The van der Waals surface area contributed by atoms with Gasteiger partial charge in [0.2, 0.25) is 11.8 Å². The second kappa shape index (κ2) is 9.76. The Morgan fingerprint density at radius 2 is 1.84 bits per heavy atom. The minimum atomic E-state index is -4.02. The largest absolute Gasteiger partial charge is 0.479 e. The molecule has 0 saturated carbocycles. The van der Waals surface area contributed by atoms with Crippen molar-refractivity contribution in [3.63, 3.8) is 0 Å². The van der Waals surface area contributed by atoms with Crippen LogP contribution in [0.2, 0.25) is 5.02 Å². The molecule has 1 N–H and O–H groups in total. The van der Waals surface area contributed by atoms with Gasteiger partial charge in [0.05, 0.1) is 17.5 Å². The highest BCUT2D eigenvalue weighted by atomic mass is 35.5. The predicted molar refractivity (Wildman–Crippen MR) is 133 cm³/mol. The molecule has 5 aromatic rings. The fourth-order valence-corrected chi connectivity index (χ4v) is 4.80. The van der Waals surface area contributed by atoms with Crippen LogP contribution in [0.15, 0.2) is 81.1 Å². The topological polar surface area (TPSA) is 126 Å². The van der Waals surface area contributed by atoms with Crippen LogP contribution in [0, 0.1) is 11.6 Å². The van der Waals surface area contributed by atoms with Crippen molar-refractivity contribution < 1.29 is 31.2 Å². The molecule has 5 rings (SSSR count). The summed E-state index contributed by atoms with van der Waals surface area (Å²) in [6.07, 6.45) is 1.22. The summed E-state index contributed by atoms with van der Waals surface area (Å²) in [5.41, 5.74) is -0.106. The third kappa shape index (κ3) is 4.76. The summed E-state index contributed by atoms with van der Waals surface area (Å²) in [6, 6.07) is 12.0. The van der Waals surface area contributed by atoms with Crippen molar-refractivity contribution in [3.05, 3.63) is 93.9 Å². The van der Waals surface area contributed by atoms with E-state index in [1.54, 1.807) is 0 Å². The molecule has 3 aromatic heterocycles. The Kier molecular flexibility index (Phi) is 6.46. The Bertz CT molecular complexity index is 1850. The zero-order chi connectivity index (χ0) is 27.0. The third-order valence-electron chi connectivity index (χ3n) is 5.28. The van der Waals surface area contributed by atoms with E-state index < -0.39 is 33.0 Å². The first-order valence-electron chi connectivity index (χ1n) is 10.6. The molecule has 0 aliphatic heterocycles. The molecule has 14 heteroatoms. The van der Waals surface area contributed by atoms with Gasteiger partial charge in [-0.15, -0.1) is 0 Å². The summed E-state index contributed by atoms with van der Waals surface area (Å²) in [6.45, 7) is 0. The maximum atomic E-state index is 14.1. The quantitative estimate of drug-likeness (QED) is 0.298. The van der Waals surface area contributed by atoms with E-state index in [9.17, 15) is 22.0 Å². The van der Waals surface area contributed by atoms with Crippen LogP contribution in [0.5, 0.6) is 17.5 Å². The second-order valence-electron chi connectivity index (χ2n) is 7.70. The number of halogens is 3. The van der Waals surface area contributed by atoms with Crippen molar-refractivity contribution in [2.75, 3.05) is 11.8 Å². The molecule has 0 bridgehead atoms. The van der Waals surface area contributed by atoms with Gasteiger partial charge in [-0.2, -0.15) is 4.98 Å². The Labute approximate surface area is 218 Å². The SMILES string of the molecule is COc1nc(Oc2cc(F)ccc2F)c(Cl)cc1-n1c(=O)ccc2cc(S(=O)(=O)Nc3ccon3)ccc21. The first-order valence-corrected chi connectivity index (χ1v) is 12.5. The first kappa shape index (κ1) is 25.2. The van der Waals surface area contributed by atoms with E-state index in [0.717, 1.165) is 18.2 Å². The van der Waals surface area contributed by atoms with E-state index in [4.69, 9.17) is 21.1 Å². The van der Waals surface area contributed by atoms with Crippen molar-refractivity contribution in [3.8, 4) is 23.2 Å². The number of sulfonamides is 1. The van der Waals surface area contributed by atoms with Crippen molar-refractivity contribution in [2.24, 2.45) is 0 Å². The molecular formula is C24H15ClF2N4O6S. The minimum Gasteiger partial charge on any atom is -0.479 e. The molecule has 0 amide bonds. The second-order valence-corrected chi connectivity index (χ2v) is 9.79. The van der Waals surface area contributed by atoms with Gasteiger partial charge in [-0.05, 0) is 42.5 Å². The number of fused-ring (bicyclic) bond motifs is 1. The van der Waals surface area contributed by atoms with Gasteiger partial charge in [0.25, 0.3) is 15.6 Å². The van der Waals surface area contributed by atoms with Gasteiger partial charge in [-0.25, -0.2) is 17.2 Å². The number of nitrogens with one attached hydrogen (secondary N) is 1. The third-order valence-corrected chi connectivity index (χ3v) is 6.90. The van der Waals surface area contributed by atoms with E-state index in [1.807, 2.05) is 0 Å². The highest BCUT2D eigenvalue weighted by molar-refractivity contribution is 7.92. The number of nitrogens with zero attached hydrogens (tertiary/aromatic N) is 3. The summed E-state index contributed by atoms with van der Waals surface area (Å²) >= 11 is 6.33. The van der Waals surface area contributed by atoms with E-state index in [-0.39, 0.29) is 33.2 Å². The average molecular weight is 561 g/mol. The number of methoxy groups -OCH3 is 1. The molecular weight excluding hydrogens is 546 g/mol. The number of hydrogen-bond acceptors (Lipinski definition) is 8. The van der Waals surface area contributed by atoms with Crippen LogP contribution >= 0.6 is 11.6 Å². The van der Waals surface area contributed by atoms with E-state index in [1.165, 1.54) is 60.4 Å². The monoisotopic (exact) mass is 560 g/mol. The van der Waals surface area contributed by atoms with Crippen LogP contribution in [0.3, 0.4) is 0 Å². The first-order chi connectivity index (χ1) is 18.2.